The topological polar surface area (TPSA) is 69.0 Å². The van der Waals surface area contributed by atoms with E-state index >= 15 is 0 Å². The van der Waals surface area contributed by atoms with Gasteiger partial charge >= 0.3 is 0 Å². The van der Waals surface area contributed by atoms with E-state index in [0.717, 1.165) is 11.4 Å². The maximum absolute atomic E-state index is 12.4. The molecule has 2 heterocycles. The zero-order valence-corrected chi connectivity index (χ0v) is 12.9. The quantitative estimate of drug-likeness (QED) is 0.804. The Balaban J connectivity index is 1.81. The molecule has 3 rings (SSSR count). The van der Waals surface area contributed by atoms with E-state index in [-0.39, 0.29) is 5.91 Å². The molecule has 0 fully saturated rings. The number of hydrogen-bond acceptors (Lipinski definition) is 4. The SMILES string of the molecule is COc1ccc(NC(=O)c2cnn(-c3ccccn3)c2C)cc1. The number of rotatable bonds is 4. The van der Waals surface area contributed by atoms with Crippen molar-refractivity contribution in [2.24, 2.45) is 0 Å². The second-order valence-corrected chi connectivity index (χ2v) is 4.93. The van der Waals surface area contributed by atoms with Crippen molar-refractivity contribution in [1.82, 2.24) is 14.8 Å². The molecule has 0 saturated heterocycles. The third kappa shape index (κ3) is 3.06. The fourth-order valence-electron chi connectivity index (χ4n) is 2.22. The van der Waals surface area contributed by atoms with Crippen LogP contribution in [-0.4, -0.2) is 27.8 Å². The van der Waals surface area contributed by atoms with Crippen LogP contribution in [0.1, 0.15) is 16.1 Å². The average molecular weight is 308 g/mol. The molecule has 0 aliphatic rings. The Morgan fingerprint density at radius 1 is 1.17 bits per heavy atom. The lowest BCUT2D eigenvalue weighted by molar-refractivity contribution is 0.102. The summed E-state index contributed by atoms with van der Waals surface area (Å²) in [5, 5.41) is 7.10. The van der Waals surface area contributed by atoms with Gasteiger partial charge in [-0.3, -0.25) is 4.79 Å². The Morgan fingerprint density at radius 2 is 1.96 bits per heavy atom. The maximum atomic E-state index is 12.4. The lowest BCUT2D eigenvalue weighted by Crippen LogP contribution is -2.13. The number of hydrogen-bond donors (Lipinski definition) is 1. The van der Waals surface area contributed by atoms with Crippen LogP contribution in [0.25, 0.3) is 5.82 Å². The number of methoxy groups -OCH3 is 1. The van der Waals surface area contributed by atoms with Gasteiger partial charge in [0.25, 0.3) is 5.91 Å². The van der Waals surface area contributed by atoms with Gasteiger partial charge in [-0.05, 0) is 43.3 Å². The predicted octanol–water partition coefficient (Wildman–Crippen LogP) is 2.84. The van der Waals surface area contributed by atoms with Crippen molar-refractivity contribution in [3.8, 4) is 11.6 Å². The second-order valence-electron chi connectivity index (χ2n) is 4.93. The first-order valence-corrected chi connectivity index (χ1v) is 7.10. The van der Waals surface area contributed by atoms with Crippen LogP contribution >= 0.6 is 0 Å². The number of ether oxygens (including phenoxy) is 1. The summed E-state index contributed by atoms with van der Waals surface area (Å²) >= 11 is 0. The molecule has 0 bridgehead atoms. The lowest BCUT2D eigenvalue weighted by atomic mass is 10.2. The number of amides is 1. The molecule has 2 aromatic heterocycles. The van der Waals surface area contributed by atoms with Crippen LogP contribution in [0.15, 0.2) is 54.9 Å². The van der Waals surface area contributed by atoms with E-state index in [1.165, 1.54) is 0 Å². The summed E-state index contributed by atoms with van der Waals surface area (Å²) in [5.74, 6) is 1.20. The van der Waals surface area contributed by atoms with Crippen LogP contribution < -0.4 is 10.1 Å². The number of nitrogens with zero attached hydrogens (tertiary/aromatic N) is 3. The molecule has 23 heavy (non-hydrogen) atoms. The first-order valence-electron chi connectivity index (χ1n) is 7.10. The Hall–Kier alpha value is -3.15. The molecule has 1 N–H and O–H groups in total. The fourth-order valence-corrected chi connectivity index (χ4v) is 2.22. The van der Waals surface area contributed by atoms with E-state index in [4.69, 9.17) is 4.74 Å². The number of aromatic nitrogens is 3. The van der Waals surface area contributed by atoms with Gasteiger partial charge in [0.1, 0.15) is 5.75 Å². The number of carbonyl (C=O) groups is 1. The van der Waals surface area contributed by atoms with E-state index in [9.17, 15) is 4.79 Å². The molecule has 0 spiro atoms. The maximum Gasteiger partial charge on any atom is 0.259 e. The summed E-state index contributed by atoms with van der Waals surface area (Å²) in [5.41, 5.74) is 1.93. The highest BCUT2D eigenvalue weighted by Crippen LogP contribution is 2.17. The van der Waals surface area contributed by atoms with Gasteiger partial charge in [-0.2, -0.15) is 5.10 Å². The molecule has 0 aliphatic carbocycles. The first-order chi connectivity index (χ1) is 11.2. The van der Waals surface area contributed by atoms with Gasteiger partial charge in [-0.1, -0.05) is 6.07 Å². The second kappa shape index (κ2) is 6.31. The van der Waals surface area contributed by atoms with Crippen molar-refractivity contribution < 1.29 is 9.53 Å². The summed E-state index contributed by atoms with van der Waals surface area (Å²) in [6.07, 6.45) is 3.23. The number of benzene rings is 1. The van der Waals surface area contributed by atoms with Crippen LogP contribution in [0.2, 0.25) is 0 Å². The predicted molar refractivity (Wildman–Crippen MR) is 87.0 cm³/mol. The Bertz CT molecular complexity index is 810. The minimum atomic E-state index is -0.213. The summed E-state index contributed by atoms with van der Waals surface area (Å²) in [7, 11) is 1.60. The molecule has 0 saturated carbocycles. The fraction of sp³-hybridized carbons (Fsp3) is 0.118. The minimum absolute atomic E-state index is 0.213. The third-order valence-corrected chi connectivity index (χ3v) is 3.47. The molecule has 116 valence electrons. The Labute approximate surface area is 133 Å². The molecular weight excluding hydrogens is 292 g/mol. The Morgan fingerprint density at radius 3 is 2.61 bits per heavy atom. The monoisotopic (exact) mass is 308 g/mol. The van der Waals surface area contributed by atoms with Gasteiger partial charge in [-0.25, -0.2) is 9.67 Å². The van der Waals surface area contributed by atoms with E-state index in [1.54, 1.807) is 48.5 Å². The van der Waals surface area contributed by atoms with E-state index < -0.39 is 0 Å². The van der Waals surface area contributed by atoms with Gasteiger partial charge in [0.2, 0.25) is 0 Å². The molecule has 6 heteroatoms. The summed E-state index contributed by atoms with van der Waals surface area (Å²) < 4.78 is 6.74. The van der Waals surface area contributed by atoms with Crippen molar-refractivity contribution >= 4 is 11.6 Å². The third-order valence-electron chi connectivity index (χ3n) is 3.47. The summed E-state index contributed by atoms with van der Waals surface area (Å²) in [6, 6.07) is 12.7. The molecule has 1 amide bonds. The lowest BCUT2D eigenvalue weighted by Gasteiger charge is -2.07. The van der Waals surface area contributed by atoms with Crippen LogP contribution in [0, 0.1) is 6.92 Å². The highest BCUT2D eigenvalue weighted by atomic mass is 16.5. The average Bonchev–Trinajstić information content (AvgIpc) is 2.98. The van der Waals surface area contributed by atoms with Gasteiger partial charge in [0.15, 0.2) is 5.82 Å². The summed E-state index contributed by atoms with van der Waals surface area (Å²) in [4.78, 5) is 16.7. The highest BCUT2D eigenvalue weighted by molar-refractivity contribution is 6.05. The van der Waals surface area contributed by atoms with Crippen LogP contribution in [0.5, 0.6) is 5.75 Å². The van der Waals surface area contributed by atoms with Crippen molar-refractivity contribution in [3.63, 3.8) is 0 Å². The Kier molecular flexibility index (Phi) is 4.05. The zero-order chi connectivity index (χ0) is 16.2. The van der Waals surface area contributed by atoms with E-state index in [2.05, 4.69) is 15.4 Å². The largest absolute Gasteiger partial charge is 0.497 e. The first kappa shape index (κ1) is 14.8. The number of pyridine rings is 1. The summed E-state index contributed by atoms with van der Waals surface area (Å²) in [6.45, 7) is 1.84. The van der Waals surface area contributed by atoms with Crippen LogP contribution in [0.3, 0.4) is 0 Å². The van der Waals surface area contributed by atoms with E-state index in [0.29, 0.717) is 17.1 Å². The van der Waals surface area contributed by atoms with Crippen molar-refractivity contribution in [3.05, 3.63) is 66.1 Å². The van der Waals surface area contributed by atoms with Crippen LogP contribution in [0.4, 0.5) is 5.69 Å². The highest BCUT2D eigenvalue weighted by Gasteiger charge is 2.15. The minimum Gasteiger partial charge on any atom is -0.497 e. The number of carbonyl (C=O) groups excluding carboxylic acids is 1. The zero-order valence-electron chi connectivity index (χ0n) is 12.9. The molecule has 0 atom stereocenters. The molecule has 6 nitrogen and oxygen atoms in total. The molecule has 0 unspecified atom stereocenters. The van der Waals surface area contributed by atoms with Gasteiger partial charge < -0.3 is 10.1 Å². The molecule has 1 aromatic carbocycles. The number of nitrogens with one attached hydrogen (secondary N) is 1. The van der Waals surface area contributed by atoms with Crippen molar-refractivity contribution in [2.45, 2.75) is 6.92 Å². The molecular formula is C17H16N4O2. The normalized spacial score (nSPS) is 10.3. The number of anilines is 1. The smallest absolute Gasteiger partial charge is 0.259 e. The molecule has 3 aromatic rings. The van der Waals surface area contributed by atoms with Crippen molar-refractivity contribution in [2.75, 3.05) is 12.4 Å². The van der Waals surface area contributed by atoms with E-state index in [1.807, 2.05) is 25.1 Å². The molecule has 0 radical (unpaired) electrons. The van der Waals surface area contributed by atoms with Crippen LogP contribution in [-0.2, 0) is 0 Å². The van der Waals surface area contributed by atoms with Crippen molar-refractivity contribution in [1.29, 1.82) is 0 Å². The van der Waals surface area contributed by atoms with Gasteiger partial charge in [0, 0.05) is 11.9 Å². The molecule has 0 aliphatic heterocycles. The van der Waals surface area contributed by atoms with Gasteiger partial charge in [-0.15, -0.1) is 0 Å². The van der Waals surface area contributed by atoms with Gasteiger partial charge in [0.05, 0.1) is 24.6 Å². The standard InChI is InChI=1S/C17H16N4O2/c1-12-15(11-19-21(12)16-5-3-4-10-18-16)17(22)20-13-6-8-14(23-2)9-7-13/h3-11H,1-2H3,(H,20,22).